The second-order valence-electron chi connectivity index (χ2n) is 5.62. The Balaban J connectivity index is 2.04. The van der Waals surface area contributed by atoms with E-state index in [1.165, 1.54) is 0 Å². The lowest BCUT2D eigenvalue weighted by Crippen LogP contribution is -2.21. The van der Waals surface area contributed by atoms with Crippen LogP contribution in [0.5, 0.6) is 0 Å². The lowest BCUT2D eigenvalue weighted by molar-refractivity contribution is 0.102. The average Bonchev–Trinajstić information content (AvgIpc) is 2.44. The van der Waals surface area contributed by atoms with Crippen molar-refractivity contribution >= 4 is 21.6 Å². The Labute approximate surface area is 136 Å². The van der Waals surface area contributed by atoms with Crippen LogP contribution in [-0.4, -0.2) is 20.6 Å². The van der Waals surface area contributed by atoms with Crippen molar-refractivity contribution in [1.82, 2.24) is 4.72 Å². The molecule has 0 unspecified atom stereocenters. The summed E-state index contributed by atoms with van der Waals surface area (Å²) in [5, 5.41) is 2.83. The summed E-state index contributed by atoms with van der Waals surface area (Å²) >= 11 is 0. The van der Waals surface area contributed by atoms with Crippen LogP contribution in [0.4, 0.5) is 5.69 Å². The first kappa shape index (κ1) is 17.2. The lowest BCUT2D eigenvalue weighted by atomic mass is 10.1. The van der Waals surface area contributed by atoms with Gasteiger partial charge in [0.25, 0.3) is 5.91 Å². The Hall–Kier alpha value is -2.18. The van der Waals surface area contributed by atoms with Gasteiger partial charge in [0.2, 0.25) is 10.0 Å². The highest BCUT2D eigenvalue weighted by Crippen LogP contribution is 2.14. The first-order valence-corrected chi connectivity index (χ1v) is 9.05. The largest absolute Gasteiger partial charge is 0.322 e. The van der Waals surface area contributed by atoms with Crippen molar-refractivity contribution in [3.05, 3.63) is 64.7 Å². The number of anilines is 1. The molecule has 0 heterocycles. The number of benzene rings is 2. The van der Waals surface area contributed by atoms with Crippen LogP contribution < -0.4 is 10.0 Å². The molecule has 0 aliphatic carbocycles. The van der Waals surface area contributed by atoms with E-state index in [0.29, 0.717) is 11.3 Å². The summed E-state index contributed by atoms with van der Waals surface area (Å²) in [6.45, 7) is 4.13. The van der Waals surface area contributed by atoms with Crippen LogP contribution in [0, 0.1) is 13.8 Å². The van der Waals surface area contributed by atoms with Crippen molar-refractivity contribution in [1.29, 1.82) is 0 Å². The number of aryl methyl sites for hydroxylation is 2. The molecule has 0 radical (unpaired) electrons. The van der Waals surface area contributed by atoms with E-state index in [1.807, 2.05) is 32.0 Å². The SMILES string of the molecule is Cc1cc(C)cc(C(=O)Nc2ccc(CNS(C)(=O)=O)cc2)c1. The summed E-state index contributed by atoms with van der Waals surface area (Å²) in [5.74, 6) is -0.168. The summed E-state index contributed by atoms with van der Waals surface area (Å²) in [6.07, 6.45) is 1.12. The van der Waals surface area contributed by atoms with Gasteiger partial charge in [-0.2, -0.15) is 0 Å². The van der Waals surface area contributed by atoms with E-state index < -0.39 is 10.0 Å². The normalized spacial score (nSPS) is 11.3. The molecule has 0 atom stereocenters. The second kappa shape index (κ2) is 6.93. The first-order valence-electron chi connectivity index (χ1n) is 7.16. The molecule has 0 aliphatic heterocycles. The zero-order valence-electron chi connectivity index (χ0n) is 13.4. The van der Waals surface area contributed by atoms with Crippen molar-refractivity contribution in [2.75, 3.05) is 11.6 Å². The molecule has 6 heteroatoms. The Morgan fingerprint density at radius 1 is 1.00 bits per heavy atom. The van der Waals surface area contributed by atoms with Crippen LogP contribution in [0.15, 0.2) is 42.5 Å². The Bertz CT molecular complexity index is 792. The van der Waals surface area contributed by atoms with Crippen LogP contribution in [0.1, 0.15) is 27.0 Å². The summed E-state index contributed by atoms with van der Waals surface area (Å²) < 4.78 is 24.5. The van der Waals surface area contributed by atoms with Crippen molar-refractivity contribution < 1.29 is 13.2 Å². The number of hydrogen-bond donors (Lipinski definition) is 2. The molecule has 2 aromatic rings. The molecule has 0 aromatic heterocycles. The molecule has 1 amide bonds. The van der Waals surface area contributed by atoms with E-state index in [2.05, 4.69) is 10.0 Å². The number of nitrogens with one attached hydrogen (secondary N) is 2. The van der Waals surface area contributed by atoms with Gasteiger partial charge in [-0.3, -0.25) is 4.79 Å². The summed E-state index contributed by atoms with van der Waals surface area (Å²) in [6, 6.07) is 12.7. The Morgan fingerprint density at radius 2 is 1.57 bits per heavy atom. The van der Waals surface area contributed by atoms with Crippen molar-refractivity contribution in [2.45, 2.75) is 20.4 Å². The van der Waals surface area contributed by atoms with Crippen LogP contribution >= 0.6 is 0 Å². The molecule has 0 spiro atoms. The molecule has 2 rings (SSSR count). The summed E-state index contributed by atoms with van der Waals surface area (Å²) in [4.78, 5) is 12.3. The molecule has 0 bridgehead atoms. The van der Waals surface area contributed by atoms with E-state index in [0.717, 1.165) is 22.9 Å². The first-order chi connectivity index (χ1) is 10.7. The molecular weight excluding hydrogens is 312 g/mol. The van der Waals surface area contributed by atoms with Crippen molar-refractivity contribution in [3.8, 4) is 0 Å². The van der Waals surface area contributed by atoms with Gasteiger partial charge in [-0.15, -0.1) is 0 Å². The summed E-state index contributed by atoms with van der Waals surface area (Å²) in [5.41, 5.74) is 4.18. The standard InChI is InChI=1S/C17H20N2O3S/c1-12-8-13(2)10-15(9-12)17(20)19-16-6-4-14(5-7-16)11-18-23(3,21)22/h4-10,18H,11H2,1-3H3,(H,19,20). The third kappa shape index (κ3) is 5.50. The summed E-state index contributed by atoms with van der Waals surface area (Å²) in [7, 11) is -3.22. The highest BCUT2D eigenvalue weighted by Gasteiger charge is 2.07. The molecule has 23 heavy (non-hydrogen) atoms. The van der Waals surface area contributed by atoms with Gasteiger partial charge in [0, 0.05) is 17.8 Å². The number of carbonyl (C=O) groups is 1. The minimum atomic E-state index is -3.22. The van der Waals surface area contributed by atoms with E-state index in [-0.39, 0.29) is 12.5 Å². The lowest BCUT2D eigenvalue weighted by Gasteiger charge is -2.08. The minimum absolute atomic E-state index is 0.168. The number of carbonyl (C=O) groups excluding carboxylic acids is 1. The van der Waals surface area contributed by atoms with Gasteiger partial charge in [-0.1, -0.05) is 29.3 Å². The van der Waals surface area contributed by atoms with Gasteiger partial charge in [-0.25, -0.2) is 13.1 Å². The van der Waals surface area contributed by atoms with Crippen LogP contribution in [-0.2, 0) is 16.6 Å². The van der Waals surface area contributed by atoms with Gasteiger partial charge in [0.05, 0.1) is 6.26 Å². The van der Waals surface area contributed by atoms with E-state index in [9.17, 15) is 13.2 Å². The molecule has 2 N–H and O–H groups in total. The third-order valence-corrected chi connectivity index (χ3v) is 3.90. The fourth-order valence-corrected chi connectivity index (χ4v) is 2.66. The smallest absolute Gasteiger partial charge is 0.255 e. The van der Waals surface area contributed by atoms with Crippen LogP contribution in [0.25, 0.3) is 0 Å². The molecule has 0 fully saturated rings. The van der Waals surface area contributed by atoms with E-state index in [4.69, 9.17) is 0 Å². The second-order valence-corrected chi connectivity index (χ2v) is 7.45. The highest BCUT2D eigenvalue weighted by atomic mass is 32.2. The fraction of sp³-hybridized carbons (Fsp3) is 0.235. The molecule has 5 nitrogen and oxygen atoms in total. The maximum absolute atomic E-state index is 12.3. The molecule has 122 valence electrons. The fourth-order valence-electron chi connectivity index (χ4n) is 2.23. The number of hydrogen-bond acceptors (Lipinski definition) is 3. The highest BCUT2D eigenvalue weighted by molar-refractivity contribution is 7.88. The van der Waals surface area contributed by atoms with Crippen LogP contribution in [0.3, 0.4) is 0 Å². The average molecular weight is 332 g/mol. The van der Waals surface area contributed by atoms with Crippen molar-refractivity contribution in [2.24, 2.45) is 0 Å². The van der Waals surface area contributed by atoms with Crippen molar-refractivity contribution in [3.63, 3.8) is 0 Å². The van der Waals surface area contributed by atoms with Gasteiger partial charge in [-0.05, 0) is 43.7 Å². The van der Waals surface area contributed by atoms with E-state index in [1.54, 1.807) is 24.3 Å². The topological polar surface area (TPSA) is 75.3 Å². The minimum Gasteiger partial charge on any atom is -0.322 e. The molecule has 0 saturated heterocycles. The number of amides is 1. The molecule has 0 saturated carbocycles. The zero-order chi connectivity index (χ0) is 17.0. The number of sulfonamides is 1. The Morgan fingerprint density at radius 3 is 2.09 bits per heavy atom. The van der Waals surface area contributed by atoms with Gasteiger partial charge < -0.3 is 5.32 Å². The van der Waals surface area contributed by atoms with Gasteiger partial charge in [0.1, 0.15) is 0 Å². The quantitative estimate of drug-likeness (QED) is 0.884. The van der Waals surface area contributed by atoms with Crippen LogP contribution in [0.2, 0.25) is 0 Å². The predicted octanol–water partition coefficient (Wildman–Crippen LogP) is 2.60. The maximum atomic E-state index is 12.3. The van der Waals surface area contributed by atoms with Gasteiger partial charge >= 0.3 is 0 Å². The predicted molar refractivity (Wildman–Crippen MR) is 92.0 cm³/mol. The maximum Gasteiger partial charge on any atom is 0.255 e. The third-order valence-electron chi connectivity index (χ3n) is 3.23. The molecule has 2 aromatic carbocycles. The zero-order valence-corrected chi connectivity index (χ0v) is 14.2. The monoisotopic (exact) mass is 332 g/mol. The van der Waals surface area contributed by atoms with Gasteiger partial charge in [0.15, 0.2) is 0 Å². The Kier molecular flexibility index (Phi) is 5.18. The van der Waals surface area contributed by atoms with E-state index >= 15 is 0 Å². The molecular formula is C17H20N2O3S. The number of rotatable bonds is 5. The molecule has 0 aliphatic rings.